The lowest BCUT2D eigenvalue weighted by molar-refractivity contribution is -0.137. The van der Waals surface area contributed by atoms with E-state index >= 15 is 0 Å². The fourth-order valence-corrected chi connectivity index (χ4v) is 2.52. The van der Waals surface area contributed by atoms with Gasteiger partial charge < -0.3 is 5.32 Å². The van der Waals surface area contributed by atoms with Gasteiger partial charge in [0, 0.05) is 13.1 Å². The molecule has 0 radical (unpaired) electrons. The predicted molar refractivity (Wildman–Crippen MR) is 84.8 cm³/mol. The summed E-state index contributed by atoms with van der Waals surface area (Å²) in [7, 11) is 1.73. The van der Waals surface area contributed by atoms with Gasteiger partial charge in [-0.25, -0.2) is 0 Å². The zero-order valence-electron chi connectivity index (χ0n) is 12.8. The van der Waals surface area contributed by atoms with E-state index in [0.717, 1.165) is 12.1 Å². The van der Waals surface area contributed by atoms with E-state index in [2.05, 4.69) is 20.4 Å². The lowest BCUT2D eigenvalue weighted by Gasteiger charge is -2.16. The first-order valence-electron chi connectivity index (χ1n) is 7.04. The van der Waals surface area contributed by atoms with E-state index in [1.54, 1.807) is 17.9 Å². The second-order valence-electron chi connectivity index (χ2n) is 5.33. The van der Waals surface area contributed by atoms with Gasteiger partial charge in [-0.05, 0) is 36.2 Å². The van der Waals surface area contributed by atoms with Gasteiger partial charge in [-0.1, -0.05) is 12.1 Å². The standard InChI is InChI=1S/C15H13ClF3N5/c1-8(9-3-5-10(6-4-9)15(17,18)19)21-12-11-7-20-24(2)13(11)23-14(16)22-12/h3-8H,1-2H3,(H,21,22,23)/t8-/m0/s1. The van der Waals surface area contributed by atoms with E-state index in [1.807, 2.05) is 6.92 Å². The van der Waals surface area contributed by atoms with Gasteiger partial charge in [-0.15, -0.1) is 0 Å². The molecule has 1 N–H and O–H groups in total. The van der Waals surface area contributed by atoms with Crippen LogP contribution >= 0.6 is 11.6 Å². The quantitative estimate of drug-likeness (QED) is 0.715. The number of aryl methyl sites for hydroxylation is 1. The number of hydrogen-bond acceptors (Lipinski definition) is 4. The Hall–Kier alpha value is -2.35. The number of halogens is 4. The van der Waals surface area contributed by atoms with Crippen LogP contribution in [0.5, 0.6) is 0 Å². The highest BCUT2D eigenvalue weighted by Crippen LogP contribution is 2.31. The average Bonchev–Trinajstić information content (AvgIpc) is 2.88. The molecule has 3 rings (SSSR count). The Morgan fingerprint density at radius 3 is 2.46 bits per heavy atom. The van der Waals surface area contributed by atoms with Crippen molar-refractivity contribution in [1.29, 1.82) is 0 Å². The van der Waals surface area contributed by atoms with Gasteiger partial charge in [-0.2, -0.15) is 28.2 Å². The van der Waals surface area contributed by atoms with Crippen molar-refractivity contribution in [3.8, 4) is 0 Å². The molecule has 0 spiro atoms. The second-order valence-corrected chi connectivity index (χ2v) is 5.67. The molecular weight excluding hydrogens is 343 g/mol. The van der Waals surface area contributed by atoms with Crippen LogP contribution in [0.1, 0.15) is 24.1 Å². The number of fused-ring (bicyclic) bond motifs is 1. The van der Waals surface area contributed by atoms with Crippen LogP contribution in [0.25, 0.3) is 11.0 Å². The summed E-state index contributed by atoms with van der Waals surface area (Å²) in [5, 5.41) is 7.99. The Morgan fingerprint density at radius 1 is 1.17 bits per heavy atom. The van der Waals surface area contributed by atoms with E-state index in [-0.39, 0.29) is 11.3 Å². The van der Waals surface area contributed by atoms with E-state index in [0.29, 0.717) is 22.4 Å². The summed E-state index contributed by atoms with van der Waals surface area (Å²) in [5.41, 5.74) is 0.574. The zero-order chi connectivity index (χ0) is 17.5. The second kappa shape index (κ2) is 5.94. The molecule has 2 heterocycles. The minimum atomic E-state index is -4.35. The molecule has 2 aromatic heterocycles. The number of nitrogens with one attached hydrogen (secondary N) is 1. The first kappa shape index (κ1) is 16.5. The number of rotatable bonds is 3. The molecule has 1 aromatic carbocycles. The molecule has 126 valence electrons. The molecule has 0 aliphatic rings. The van der Waals surface area contributed by atoms with Gasteiger partial charge in [0.1, 0.15) is 5.82 Å². The molecule has 24 heavy (non-hydrogen) atoms. The molecule has 9 heteroatoms. The summed E-state index contributed by atoms with van der Waals surface area (Å²) in [6.45, 7) is 1.82. The molecule has 0 aliphatic heterocycles. The Bertz CT molecular complexity index is 873. The minimum Gasteiger partial charge on any atom is -0.363 e. The molecule has 0 fully saturated rings. The molecular formula is C15H13ClF3N5. The van der Waals surface area contributed by atoms with Crippen molar-refractivity contribution in [2.24, 2.45) is 7.05 Å². The van der Waals surface area contributed by atoms with E-state index < -0.39 is 11.7 Å². The van der Waals surface area contributed by atoms with E-state index in [4.69, 9.17) is 11.6 Å². The molecule has 0 bridgehead atoms. The Labute approximate surface area is 140 Å². The number of hydrogen-bond donors (Lipinski definition) is 1. The fourth-order valence-electron chi connectivity index (χ4n) is 2.35. The highest BCUT2D eigenvalue weighted by Gasteiger charge is 2.30. The van der Waals surface area contributed by atoms with E-state index in [9.17, 15) is 13.2 Å². The van der Waals surface area contributed by atoms with Crippen LogP contribution in [0.3, 0.4) is 0 Å². The van der Waals surface area contributed by atoms with Crippen LogP contribution in [-0.4, -0.2) is 19.7 Å². The third-order valence-corrected chi connectivity index (χ3v) is 3.83. The van der Waals surface area contributed by atoms with Gasteiger partial charge in [0.15, 0.2) is 5.65 Å². The molecule has 0 saturated heterocycles. The Balaban J connectivity index is 1.88. The molecule has 0 saturated carbocycles. The molecule has 5 nitrogen and oxygen atoms in total. The lowest BCUT2D eigenvalue weighted by atomic mass is 10.1. The van der Waals surface area contributed by atoms with Crippen molar-refractivity contribution in [3.63, 3.8) is 0 Å². The van der Waals surface area contributed by atoms with Crippen LogP contribution in [0, 0.1) is 0 Å². The number of aromatic nitrogens is 4. The topological polar surface area (TPSA) is 55.6 Å². The molecule has 3 aromatic rings. The van der Waals surface area contributed by atoms with Crippen molar-refractivity contribution in [3.05, 3.63) is 46.9 Å². The van der Waals surface area contributed by atoms with Crippen LogP contribution in [0.15, 0.2) is 30.5 Å². The molecule has 1 atom stereocenters. The monoisotopic (exact) mass is 355 g/mol. The van der Waals surface area contributed by atoms with Crippen molar-refractivity contribution in [2.75, 3.05) is 5.32 Å². The molecule has 0 amide bonds. The predicted octanol–water partition coefficient (Wildman–Crippen LogP) is 4.21. The summed E-state index contributed by atoms with van der Waals surface area (Å²) >= 11 is 5.92. The third kappa shape index (κ3) is 3.14. The van der Waals surface area contributed by atoms with Crippen LogP contribution in [0.4, 0.5) is 19.0 Å². The minimum absolute atomic E-state index is 0.0632. The Kier molecular flexibility index (Phi) is 4.08. The highest BCUT2D eigenvalue weighted by molar-refractivity contribution is 6.28. The zero-order valence-corrected chi connectivity index (χ0v) is 13.5. The van der Waals surface area contributed by atoms with Gasteiger partial charge >= 0.3 is 6.18 Å². The number of alkyl halides is 3. The largest absolute Gasteiger partial charge is 0.416 e. The van der Waals surface area contributed by atoms with Crippen LogP contribution in [-0.2, 0) is 13.2 Å². The Morgan fingerprint density at radius 2 is 1.83 bits per heavy atom. The summed E-state index contributed by atoms with van der Waals surface area (Å²) in [6.07, 6.45) is -2.75. The van der Waals surface area contributed by atoms with Crippen molar-refractivity contribution >= 4 is 28.5 Å². The normalized spacial score (nSPS) is 13.2. The lowest BCUT2D eigenvalue weighted by Crippen LogP contribution is -2.10. The van der Waals surface area contributed by atoms with E-state index in [1.165, 1.54) is 12.1 Å². The first-order chi connectivity index (χ1) is 11.3. The maximum Gasteiger partial charge on any atom is 0.416 e. The summed E-state index contributed by atoms with van der Waals surface area (Å²) < 4.78 is 39.5. The molecule has 0 unspecified atom stereocenters. The fraction of sp³-hybridized carbons (Fsp3) is 0.267. The van der Waals surface area contributed by atoms with Gasteiger partial charge in [-0.3, -0.25) is 4.68 Å². The van der Waals surface area contributed by atoms with Crippen LogP contribution in [0.2, 0.25) is 5.28 Å². The van der Waals surface area contributed by atoms with Gasteiger partial charge in [0.05, 0.1) is 17.1 Å². The number of anilines is 1. The summed E-state index contributed by atoms with van der Waals surface area (Å²) in [5.74, 6) is 0.477. The maximum absolute atomic E-state index is 12.6. The molecule has 0 aliphatic carbocycles. The first-order valence-corrected chi connectivity index (χ1v) is 7.42. The SMILES string of the molecule is C[C@H](Nc1nc(Cl)nc2c1cnn2C)c1ccc(C(F)(F)F)cc1. The number of benzene rings is 1. The van der Waals surface area contributed by atoms with Crippen molar-refractivity contribution in [2.45, 2.75) is 19.1 Å². The van der Waals surface area contributed by atoms with Crippen molar-refractivity contribution < 1.29 is 13.2 Å². The maximum atomic E-state index is 12.6. The summed E-state index contributed by atoms with van der Waals surface area (Å²) in [6, 6.07) is 4.70. The summed E-state index contributed by atoms with van der Waals surface area (Å²) in [4.78, 5) is 8.25. The van der Waals surface area contributed by atoms with Crippen LogP contribution < -0.4 is 5.32 Å². The highest BCUT2D eigenvalue weighted by atomic mass is 35.5. The van der Waals surface area contributed by atoms with Crippen molar-refractivity contribution in [1.82, 2.24) is 19.7 Å². The number of nitrogens with zero attached hydrogens (tertiary/aromatic N) is 4. The average molecular weight is 356 g/mol. The van der Waals surface area contributed by atoms with Gasteiger partial charge in [0.2, 0.25) is 5.28 Å². The third-order valence-electron chi connectivity index (χ3n) is 3.66. The van der Waals surface area contributed by atoms with Gasteiger partial charge in [0.25, 0.3) is 0 Å². The smallest absolute Gasteiger partial charge is 0.363 e.